The van der Waals surface area contributed by atoms with E-state index in [4.69, 9.17) is 4.74 Å². The summed E-state index contributed by atoms with van der Waals surface area (Å²) in [6, 6.07) is 14.6. The molecule has 2 aromatic carbocycles. The molecule has 106 valence electrons. The van der Waals surface area contributed by atoms with Crippen molar-refractivity contribution in [3.63, 3.8) is 0 Å². The number of ether oxygens (including phenoxy) is 1. The predicted molar refractivity (Wildman–Crippen MR) is 88.6 cm³/mol. The van der Waals surface area contributed by atoms with Crippen molar-refractivity contribution in [2.45, 2.75) is 26.3 Å². The lowest BCUT2D eigenvalue weighted by Gasteiger charge is -2.11. The average molecular weight is 334 g/mol. The Hall–Kier alpha value is -1.48. The Morgan fingerprint density at radius 1 is 1.10 bits per heavy atom. The van der Waals surface area contributed by atoms with Crippen molar-refractivity contribution in [3.8, 4) is 5.75 Å². The Kier molecular flexibility index (Phi) is 5.07. The summed E-state index contributed by atoms with van der Waals surface area (Å²) in [4.78, 5) is 0. The van der Waals surface area contributed by atoms with E-state index in [2.05, 4.69) is 59.4 Å². The van der Waals surface area contributed by atoms with Gasteiger partial charge >= 0.3 is 0 Å². The lowest BCUT2D eigenvalue weighted by Crippen LogP contribution is -2.01. The smallest absolute Gasteiger partial charge is 0.119 e. The van der Waals surface area contributed by atoms with E-state index in [1.54, 1.807) is 7.11 Å². The molecule has 0 unspecified atom stereocenters. The Morgan fingerprint density at radius 2 is 1.80 bits per heavy atom. The van der Waals surface area contributed by atoms with Crippen LogP contribution in [-0.4, -0.2) is 7.11 Å². The fourth-order valence-electron chi connectivity index (χ4n) is 2.00. The molecule has 0 spiro atoms. The van der Waals surface area contributed by atoms with Crippen LogP contribution in [0.15, 0.2) is 46.9 Å². The minimum absolute atomic E-state index is 0.566. The van der Waals surface area contributed by atoms with Crippen molar-refractivity contribution in [2.24, 2.45) is 0 Å². The number of anilines is 1. The van der Waals surface area contributed by atoms with E-state index in [0.29, 0.717) is 5.92 Å². The lowest BCUT2D eigenvalue weighted by atomic mass is 10.0. The van der Waals surface area contributed by atoms with Gasteiger partial charge in [0.05, 0.1) is 7.11 Å². The molecule has 0 aliphatic rings. The lowest BCUT2D eigenvalue weighted by molar-refractivity contribution is 0.414. The van der Waals surface area contributed by atoms with Gasteiger partial charge in [0.1, 0.15) is 5.75 Å². The molecule has 0 saturated carbocycles. The standard InChI is InChI=1S/C17H20BrNO/c1-12(2)13-4-6-15(7-5-13)19-11-14-10-16(20-3)8-9-17(14)18/h4-10,12,19H,11H2,1-3H3. The molecule has 0 aliphatic carbocycles. The van der Waals surface area contributed by atoms with Gasteiger partial charge in [-0.05, 0) is 47.4 Å². The first-order valence-electron chi connectivity index (χ1n) is 6.76. The van der Waals surface area contributed by atoms with Crippen molar-refractivity contribution < 1.29 is 4.74 Å². The number of nitrogens with one attached hydrogen (secondary N) is 1. The normalized spacial score (nSPS) is 10.7. The second-order valence-corrected chi connectivity index (χ2v) is 5.94. The monoisotopic (exact) mass is 333 g/mol. The number of rotatable bonds is 5. The number of methoxy groups -OCH3 is 1. The number of hydrogen-bond donors (Lipinski definition) is 1. The second-order valence-electron chi connectivity index (χ2n) is 5.09. The Bertz CT molecular complexity index is 564. The van der Waals surface area contributed by atoms with Crippen LogP contribution in [0.25, 0.3) is 0 Å². The first kappa shape index (κ1) is 14.9. The third-order valence-corrected chi connectivity index (χ3v) is 4.09. The second kappa shape index (κ2) is 6.80. The molecule has 3 heteroatoms. The van der Waals surface area contributed by atoms with E-state index in [-0.39, 0.29) is 0 Å². The number of hydrogen-bond acceptors (Lipinski definition) is 2. The van der Waals surface area contributed by atoms with Crippen LogP contribution >= 0.6 is 15.9 Å². The largest absolute Gasteiger partial charge is 0.497 e. The molecule has 0 aliphatic heterocycles. The summed E-state index contributed by atoms with van der Waals surface area (Å²) in [6.07, 6.45) is 0. The molecule has 0 atom stereocenters. The van der Waals surface area contributed by atoms with Crippen molar-refractivity contribution in [1.82, 2.24) is 0 Å². The molecule has 0 fully saturated rings. The van der Waals surface area contributed by atoms with Gasteiger partial charge in [-0.2, -0.15) is 0 Å². The van der Waals surface area contributed by atoms with Gasteiger partial charge < -0.3 is 10.1 Å². The van der Waals surface area contributed by atoms with Gasteiger partial charge in [0.2, 0.25) is 0 Å². The molecule has 2 nitrogen and oxygen atoms in total. The van der Waals surface area contributed by atoms with Crippen LogP contribution in [0.2, 0.25) is 0 Å². The molecule has 0 radical (unpaired) electrons. The van der Waals surface area contributed by atoms with Crippen LogP contribution in [0, 0.1) is 0 Å². The maximum atomic E-state index is 5.26. The third-order valence-electron chi connectivity index (χ3n) is 3.31. The molecule has 0 aromatic heterocycles. The minimum Gasteiger partial charge on any atom is -0.497 e. The summed E-state index contributed by atoms with van der Waals surface area (Å²) < 4.78 is 6.34. The third kappa shape index (κ3) is 3.76. The van der Waals surface area contributed by atoms with E-state index in [1.165, 1.54) is 11.1 Å². The van der Waals surface area contributed by atoms with Crippen molar-refractivity contribution in [3.05, 3.63) is 58.1 Å². The van der Waals surface area contributed by atoms with Crippen LogP contribution in [0.1, 0.15) is 30.9 Å². The fourth-order valence-corrected chi connectivity index (χ4v) is 2.38. The summed E-state index contributed by atoms with van der Waals surface area (Å²) in [7, 11) is 1.69. The molecule has 2 rings (SSSR count). The first-order chi connectivity index (χ1) is 9.60. The molecule has 0 saturated heterocycles. The zero-order valence-corrected chi connectivity index (χ0v) is 13.7. The molecule has 20 heavy (non-hydrogen) atoms. The van der Waals surface area contributed by atoms with Gasteiger partial charge in [0, 0.05) is 16.7 Å². The quantitative estimate of drug-likeness (QED) is 0.812. The zero-order chi connectivity index (χ0) is 14.5. The van der Waals surface area contributed by atoms with E-state index in [0.717, 1.165) is 22.5 Å². The Balaban J connectivity index is 2.04. The van der Waals surface area contributed by atoms with Crippen LogP contribution in [0.3, 0.4) is 0 Å². The molecular weight excluding hydrogens is 314 g/mol. The number of benzene rings is 2. The summed E-state index contributed by atoms with van der Waals surface area (Å²) >= 11 is 3.57. The Labute approximate surface area is 129 Å². The van der Waals surface area contributed by atoms with Gasteiger partial charge in [-0.25, -0.2) is 0 Å². The average Bonchev–Trinajstić information content (AvgIpc) is 2.47. The van der Waals surface area contributed by atoms with E-state index in [1.807, 2.05) is 18.2 Å². The number of halogens is 1. The van der Waals surface area contributed by atoms with Crippen LogP contribution in [0.4, 0.5) is 5.69 Å². The zero-order valence-electron chi connectivity index (χ0n) is 12.1. The van der Waals surface area contributed by atoms with Gasteiger partial charge in [0.25, 0.3) is 0 Å². The SMILES string of the molecule is COc1ccc(Br)c(CNc2ccc(C(C)C)cc2)c1. The van der Waals surface area contributed by atoms with Crippen LogP contribution in [0.5, 0.6) is 5.75 Å². The van der Waals surface area contributed by atoms with E-state index in [9.17, 15) is 0 Å². The molecule has 0 amide bonds. The maximum absolute atomic E-state index is 5.26. The molecule has 0 heterocycles. The Morgan fingerprint density at radius 3 is 2.40 bits per heavy atom. The first-order valence-corrected chi connectivity index (χ1v) is 7.55. The van der Waals surface area contributed by atoms with Crippen molar-refractivity contribution in [2.75, 3.05) is 12.4 Å². The topological polar surface area (TPSA) is 21.3 Å². The van der Waals surface area contributed by atoms with E-state index < -0.39 is 0 Å². The summed E-state index contributed by atoms with van der Waals surface area (Å²) in [5.74, 6) is 1.44. The maximum Gasteiger partial charge on any atom is 0.119 e. The van der Waals surface area contributed by atoms with Crippen LogP contribution in [-0.2, 0) is 6.54 Å². The van der Waals surface area contributed by atoms with Gasteiger partial charge in [-0.1, -0.05) is 41.9 Å². The van der Waals surface area contributed by atoms with Crippen molar-refractivity contribution in [1.29, 1.82) is 0 Å². The van der Waals surface area contributed by atoms with Gasteiger partial charge in [-0.15, -0.1) is 0 Å². The predicted octanol–water partition coefficient (Wildman–Crippen LogP) is 5.19. The highest BCUT2D eigenvalue weighted by molar-refractivity contribution is 9.10. The van der Waals surface area contributed by atoms with Gasteiger partial charge in [0.15, 0.2) is 0 Å². The highest BCUT2D eigenvalue weighted by Gasteiger charge is 2.03. The minimum atomic E-state index is 0.566. The fraction of sp³-hybridized carbons (Fsp3) is 0.294. The molecule has 0 bridgehead atoms. The summed E-state index contributed by atoms with van der Waals surface area (Å²) in [6.45, 7) is 5.17. The highest BCUT2D eigenvalue weighted by atomic mass is 79.9. The molecular formula is C17H20BrNO. The highest BCUT2D eigenvalue weighted by Crippen LogP contribution is 2.24. The van der Waals surface area contributed by atoms with Gasteiger partial charge in [-0.3, -0.25) is 0 Å². The van der Waals surface area contributed by atoms with Crippen LogP contribution < -0.4 is 10.1 Å². The van der Waals surface area contributed by atoms with E-state index >= 15 is 0 Å². The summed E-state index contributed by atoms with van der Waals surface area (Å²) in [5.41, 5.74) is 3.67. The van der Waals surface area contributed by atoms with Crippen molar-refractivity contribution >= 4 is 21.6 Å². The summed E-state index contributed by atoms with van der Waals surface area (Å²) in [5, 5.41) is 3.43. The molecule has 1 N–H and O–H groups in total. The molecule has 2 aromatic rings.